The lowest BCUT2D eigenvalue weighted by molar-refractivity contribution is -0.144. The highest BCUT2D eigenvalue weighted by Crippen LogP contribution is 2.35. The Morgan fingerprint density at radius 1 is 1.00 bits per heavy atom. The van der Waals surface area contributed by atoms with E-state index in [1.54, 1.807) is 6.92 Å². The van der Waals surface area contributed by atoms with Crippen molar-refractivity contribution in [1.29, 1.82) is 0 Å². The number of esters is 1. The molecule has 0 saturated carbocycles. The summed E-state index contributed by atoms with van der Waals surface area (Å²) < 4.78 is 4.69. The zero-order chi connectivity index (χ0) is 18.1. The Kier molecular flexibility index (Phi) is 7.34. The zero-order valence-corrected chi connectivity index (χ0v) is 13.2. The quantitative estimate of drug-likeness (QED) is 0.254. The molecule has 1 rings (SSSR count). The summed E-state index contributed by atoms with van der Waals surface area (Å²) in [5, 5.41) is 32.8. The monoisotopic (exact) mass is 340 g/mol. The third-order valence-corrected chi connectivity index (χ3v) is 2.93. The lowest BCUT2D eigenvalue weighted by atomic mass is 10.1. The number of ether oxygens (including phenoxy) is 1. The van der Waals surface area contributed by atoms with Gasteiger partial charge in [-0.2, -0.15) is 0 Å². The van der Waals surface area contributed by atoms with Gasteiger partial charge in [0, 0.05) is 25.1 Å². The molecule has 0 radical (unpaired) electrons. The molecule has 0 fully saturated rings. The fraction of sp³-hybridized carbons (Fsp3) is 0.400. The Labute approximate surface area is 138 Å². The van der Waals surface area contributed by atoms with E-state index in [0.717, 1.165) is 12.1 Å². The molecule has 2 amide bonds. The van der Waals surface area contributed by atoms with E-state index in [4.69, 9.17) is 4.74 Å². The molecule has 1 aromatic carbocycles. The van der Waals surface area contributed by atoms with Crippen LogP contribution in [-0.4, -0.2) is 52.8 Å². The number of rotatable bonds is 8. The third kappa shape index (κ3) is 6.03. The number of carbonyl (C=O) groups excluding carboxylic acids is 3. The highest BCUT2D eigenvalue weighted by molar-refractivity contribution is 5.95. The van der Waals surface area contributed by atoms with Crippen molar-refractivity contribution >= 4 is 17.8 Å². The van der Waals surface area contributed by atoms with E-state index in [1.807, 2.05) is 0 Å². The van der Waals surface area contributed by atoms with Crippen LogP contribution in [0.3, 0.4) is 0 Å². The Morgan fingerprint density at radius 2 is 1.58 bits per heavy atom. The number of carbonyl (C=O) groups is 3. The maximum Gasteiger partial charge on any atom is 0.306 e. The summed E-state index contributed by atoms with van der Waals surface area (Å²) in [4.78, 5) is 34.4. The summed E-state index contributed by atoms with van der Waals surface area (Å²) in [6.45, 7) is 2.18. The van der Waals surface area contributed by atoms with Crippen LogP contribution in [0.1, 0.15) is 30.1 Å². The molecule has 0 atom stereocenters. The van der Waals surface area contributed by atoms with Gasteiger partial charge in [0.1, 0.15) is 0 Å². The Balaban J connectivity index is 2.31. The van der Waals surface area contributed by atoms with Gasteiger partial charge in [0.25, 0.3) is 5.91 Å². The van der Waals surface area contributed by atoms with Gasteiger partial charge in [-0.25, -0.2) is 0 Å². The average Bonchev–Trinajstić information content (AvgIpc) is 2.54. The van der Waals surface area contributed by atoms with Gasteiger partial charge in [-0.3, -0.25) is 14.4 Å². The molecule has 0 heterocycles. The predicted octanol–water partition coefficient (Wildman–Crippen LogP) is -0.00730. The molecule has 0 aliphatic rings. The summed E-state index contributed by atoms with van der Waals surface area (Å²) in [6.07, 6.45) is -0.0232. The number of hydrogen-bond donors (Lipinski definition) is 5. The standard InChI is InChI=1S/C15H20N2O7/c1-2-24-13(21)4-3-12(20)16-5-6-17-15(23)9-7-10(18)14(22)11(19)8-9/h7-8,18-19,22H,2-6H2,1H3,(H,16,20)(H,17,23). The van der Waals surface area contributed by atoms with Crippen LogP contribution in [0.25, 0.3) is 0 Å². The van der Waals surface area contributed by atoms with Crippen LogP contribution in [-0.2, 0) is 14.3 Å². The average molecular weight is 340 g/mol. The van der Waals surface area contributed by atoms with Crippen molar-refractivity contribution in [3.63, 3.8) is 0 Å². The molecular formula is C15H20N2O7. The number of aromatic hydroxyl groups is 3. The Bertz CT molecular complexity index is 593. The largest absolute Gasteiger partial charge is 0.504 e. The second-order valence-electron chi connectivity index (χ2n) is 4.77. The van der Waals surface area contributed by atoms with E-state index in [9.17, 15) is 29.7 Å². The first-order chi connectivity index (χ1) is 11.3. The lowest BCUT2D eigenvalue weighted by Crippen LogP contribution is -2.34. The van der Waals surface area contributed by atoms with Crippen molar-refractivity contribution < 1.29 is 34.4 Å². The number of hydrogen-bond acceptors (Lipinski definition) is 7. The molecule has 0 unspecified atom stereocenters. The fourth-order valence-electron chi connectivity index (χ4n) is 1.75. The van der Waals surface area contributed by atoms with Crippen molar-refractivity contribution in [2.75, 3.05) is 19.7 Å². The summed E-state index contributed by atoms with van der Waals surface area (Å²) >= 11 is 0. The lowest BCUT2D eigenvalue weighted by Gasteiger charge is -2.08. The molecule has 24 heavy (non-hydrogen) atoms. The smallest absolute Gasteiger partial charge is 0.306 e. The molecule has 132 valence electrons. The van der Waals surface area contributed by atoms with Gasteiger partial charge in [0.2, 0.25) is 5.91 Å². The van der Waals surface area contributed by atoms with Crippen LogP contribution in [0, 0.1) is 0 Å². The van der Waals surface area contributed by atoms with Crippen molar-refractivity contribution in [2.45, 2.75) is 19.8 Å². The van der Waals surface area contributed by atoms with E-state index in [2.05, 4.69) is 10.6 Å². The zero-order valence-electron chi connectivity index (χ0n) is 13.2. The molecule has 0 spiro atoms. The van der Waals surface area contributed by atoms with Crippen molar-refractivity contribution in [1.82, 2.24) is 10.6 Å². The number of phenolic OH excluding ortho intramolecular Hbond substituents is 3. The summed E-state index contributed by atoms with van der Waals surface area (Å²) in [7, 11) is 0. The minimum absolute atomic E-state index is 0.00745. The molecule has 5 N–H and O–H groups in total. The maximum atomic E-state index is 11.8. The highest BCUT2D eigenvalue weighted by Gasteiger charge is 2.13. The van der Waals surface area contributed by atoms with Gasteiger partial charge in [0.15, 0.2) is 17.2 Å². The predicted molar refractivity (Wildman–Crippen MR) is 82.6 cm³/mol. The SMILES string of the molecule is CCOC(=O)CCC(=O)NCCNC(=O)c1cc(O)c(O)c(O)c1. The highest BCUT2D eigenvalue weighted by atomic mass is 16.5. The molecule has 0 aromatic heterocycles. The van der Waals surface area contributed by atoms with E-state index in [1.165, 1.54) is 0 Å². The van der Waals surface area contributed by atoms with Crippen LogP contribution in [0.2, 0.25) is 0 Å². The van der Waals surface area contributed by atoms with E-state index in [0.29, 0.717) is 0 Å². The van der Waals surface area contributed by atoms with Gasteiger partial charge >= 0.3 is 5.97 Å². The first-order valence-corrected chi connectivity index (χ1v) is 7.30. The van der Waals surface area contributed by atoms with Gasteiger partial charge in [-0.15, -0.1) is 0 Å². The van der Waals surface area contributed by atoms with Crippen molar-refractivity contribution in [2.24, 2.45) is 0 Å². The van der Waals surface area contributed by atoms with Crippen LogP contribution in [0.4, 0.5) is 0 Å². The topological polar surface area (TPSA) is 145 Å². The van der Waals surface area contributed by atoms with Crippen LogP contribution < -0.4 is 10.6 Å². The van der Waals surface area contributed by atoms with Crippen molar-refractivity contribution in [3.05, 3.63) is 17.7 Å². The van der Waals surface area contributed by atoms with Gasteiger partial charge in [-0.05, 0) is 19.1 Å². The molecule has 0 bridgehead atoms. The van der Waals surface area contributed by atoms with Crippen LogP contribution >= 0.6 is 0 Å². The van der Waals surface area contributed by atoms with E-state index >= 15 is 0 Å². The summed E-state index contributed by atoms with van der Waals surface area (Å²) in [5.41, 5.74) is -0.0450. The molecule has 0 aliphatic heterocycles. The number of nitrogens with one attached hydrogen (secondary N) is 2. The van der Waals surface area contributed by atoms with Gasteiger partial charge in [0.05, 0.1) is 13.0 Å². The first kappa shape index (κ1) is 19.1. The molecule has 0 aliphatic carbocycles. The van der Waals surface area contributed by atoms with Crippen LogP contribution in [0.15, 0.2) is 12.1 Å². The molecular weight excluding hydrogens is 320 g/mol. The van der Waals surface area contributed by atoms with E-state index in [-0.39, 0.29) is 44.0 Å². The number of phenols is 3. The summed E-state index contributed by atoms with van der Waals surface area (Å²) in [5.74, 6) is -3.34. The van der Waals surface area contributed by atoms with Gasteiger partial charge < -0.3 is 30.7 Å². The maximum absolute atomic E-state index is 11.8. The molecule has 0 saturated heterocycles. The minimum Gasteiger partial charge on any atom is -0.504 e. The molecule has 9 heteroatoms. The van der Waals surface area contributed by atoms with E-state index < -0.39 is 29.1 Å². The minimum atomic E-state index is -0.708. The normalized spacial score (nSPS) is 10.0. The Hall–Kier alpha value is -2.97. The summed E-state index contributed by atoms with van der Waals surface area (Å²) in [6, 6.07) is 2.00. The number of benzene rings is 1. The molecule has 9 nitrogen and oxygen atoms in total. The van der Waals surface area contributed by atoms with Gasteiger partial charge in [-0.1, -0.05) is 0 Å². The fourth-order valence-corrected chi connectivity index (χ4v) is 1.75. The molecule has 1 aromatic rings. The second kappa shape index (κ2) is 9.23. The second-order valence-corrected chi connectivity index (χ2v) is 4.77. The third-order valence-electron chi connectivity index (χ3n) is 2.93. The van der Waals surface area contributed by atoms with Crippen molar-refractivity contribution in [3.8, 4) is 17.2 Å². The Morgan fingerprint density at radius 3 is 2.17 bits per heavy atom. The van der Waals surface area contributed by atoms with Crippen LogP contribution in [0.5, 0.6) is 17.2 Å². The first-order valence-electron chi connectivity index (χ1n) is 7.30. The number of amides is 2.